The zero-order valence-corrected chi connectivity index (χ0v) is 22.2. The minimum atomic E-state index is 0.399. The molecule has 1 aromatic heterocycles. The number of benzene rings is 2. The lowest BCUT2D eigenvalue weighted by molar-refractivity contribution is 0.336. The van der Waals surface area contributed by atoms with Crippen LogP contribution in [0.3, 0.4) is 0 Å². The van der Waals surface area contributed by atoms with Crippen LogP contribution in [0.15, 0.2) is 42.5 Å². The lowest BCUT2D eigenvalue weighted by atomic mass is 9.86. The summed E-state index contributed by atoms with van der Waals surface area (Å²) in [5.41, 5.74) is 4.78. The van der Waals surface area contributed by atoms with Crippen molar-refractivity contribution in [3.05, 3.63) is 53.6 Å². The SMILES string of the molecule is CCc1cccc(CC)c1NC(=S)NC[C@H]1CC[C@@H](Nc2nc(N(C)C)c3ccccc3n2)CC1. The molecule has 4 rings (SSSR count). The van der Waals surface area contributed by atoms with Crippen LogP contribution in [-0.2, 0) is 12.8 Å². The Morgan fingerprint density at radius 1 is 0.943 bits per heavy atom. The van der Waals surface area contributed by atoms with E-state index in [2.05, 4.69) is 65.0 Å². The van der Waals surface area contributed by atoms with E-state index < -0.39 is 0 Å². The van der Waals surface area contributed by atoms with Gasteiger partial charge in [-0.1, -0.05) is 44.2 Å². The van der Waals surface area contributed by atoms with Gasteiger partial charge in [0.2, 0.25) is 5.95 Å². The Hall–Kier alpha value is -2.93. The van der Waals surface area contributed by atoms with Crippen LogP contribution in [0.2, 0.25) is 0 Å². The van der Waals surface area contributed by atoms with Gasteiger partial charge in [-0.25, -0.2) is 4.98 Å². The zero-order chi connectivity index (χ0) is 24.8. The molecule has 1 fully saturated rings. The highest BCUT2D eigenvalue weighted by Gasteiger charge is 2.22. The lowest BCUT2D eigenvalue weighted by Gasteiger charge is -2.30. The molecule has 0 radical (unpaired) electrons. The molecule has 186 valence electrons. The molecule has 0 spiro atoms. The summed E-state index contributed by atoms with van der Waals surface area (Å²) in [5, 5.41) is 12.4. The Balaban J connectivity index is 1.29. The summed E-state index contributed by atoms with van der Waals surface area (Å²) in [6.07, 6.45) is 6.52. The first-order valence-corrected chi connectivity index (χ1v) is 13.3. The van der Waals surface area contributed by atoms with E-state index in [1.165, 1.54) is 16.8 Å². The number of aromatic nitrogens is 2. The second kappa shape index (κ2) is 11.7. The highest BCUT2D eigenvalue weighted by molar-refractivity contribution is 7.80. The first kappa shape index (κ1) is 25.2. The molecule has 7 heteroatoms. The Morgan fingerprint density at radius 3 is 2.29 bits per heavy atom. The van der Waals surface area contributed by atoms with Crippen LogP contribution in [0.5, 0.6) is 0 Å². The van der Waals surface area contributed by atoms with E-state index >= 15 is 0 Å². The molecule has 0 saturated heterocycles. The normalized spacial score (nSPS) is 17.7. The summed E-state index contributed by atoms with van der Waals surface area (Å²) in [4.78, 5) is 11.6. The van der Waals surface area contributed by atoms with Crippen molar-refractivity contribution in [3.8, 4) is 0 Å². The topological polar surface area (TPSA) is 65.1 Å². The van der Waals surface area contributed by atoms with E-state index in [0.29, 0.717) is 12.0 Å². The molecule has 3 N–H and O–H groups in total. The number of para-hydroxylation sites is 2. The third-order valence-electron chi connectivity index (χ3n) is 6.98. The predicted molar refractivity (Wildman–Crippen MR) is 153 cm³/mol. The van der Waals surface area contributed by atoms with Crippen LogP contribution in [0.4, 0.5) is 17.5 Å². The largest absolute Gasteiger partial charge is 0.362 e. The van der Waals surface area contributed by atoms with Gasteiger partial charge in [0, 0.05) is 37.8 Å². The molecule has 35 heavy (non-hydrogen) atoms. The second-order valence-electron chi connectivity index (χ2n) is 9.64. The van der Waals surface area contributed by atoms with Crippen LogP contribution >= 0.6 is 12.2 Å². The van der Waals surface area contributed by atoms with Gasteiger partial charge in [-0.15, -0.1) is 0 Å². The molecule has 1 saturated carbocycles. The van der Waals surface area contributed by atoms with E-state index in [1.807, 2.05) is 26.2 Å². The quantitative estimate of drug-likeness (QED) is 0.346. The minimum absolute atomic E-state index is 0.399. The third-order valence-corrected chi connectivity index (χ3v) is 7.22. The smallest absolute Gasteiger partial charge is 0.225 e. The van der Waals surface area contributed by atoms with Gasteiger partial charge in [-0.3, -0.25) is 0 Å². The number of thiocarbonyl (C=S) groups is 1. The first-order valence-electron chi connectivity index (χ1n) is 12.8. The van der Waals surface area contributed by atoms with Gasteiger partial charge in [-0.05, 0) is 79.9 Å². The number of anilines is 3. The number of nitrogens with one attached hydrogen (secondary N) is 3. The van der Waals surface area contributed by atoms with Crippen LogP contribution in [0.25, 0.3) is 10.9 Å². The summed E-state index contributed by atoms with van der Waals surface area (Å²) < 4.78 is 0. The van der Waals surface area contributed by atoms with Gasteiger partial charge in [0.15, 0.2) is 5.11 Å². The van der Waals surface area contributed by atoms with Gasteiger partial charge in [0.05, 0.1) is 5.52 Å². The van der Waals surface area contributed by atoms with Crippen molar-refractivity contribution in [3.63, 3.8) is 0 Å². The number of aryl methyl sites for hydroxylation is 2. The van der Waals surface area contributed by atoms with Gasteiger partial charge in [0.1, 0.15) is 5.82 Å². The first-order chi connectivity index (χ1) is 17.0. The van der Waals surface area contributed by atoms with Crippen LogP contribution in [0.1, 0.15) is 50.7 Å². The van der Waals surface area contributed by atoms with E-state index in [9.17, 15) is 0 Å². The van der Waals surface area contributed by atoms with Crippen molar-refractivity contribution < 1.29 is 0 Å². The molecule has 3 aromatic rings. The minimum Gasteiger partial charge on any atom is -0.362 e. The maximum Gasteiger partial charge on any atom is 0.225 e. The Kier molecular flexibility index (Phi) is 8.39. The molecule has 0 bridgehead atoms. The highest BCUT2D eigenvalue weighted by atomic mass is 32.1. The molecule has 0 amide bonds. The molecule has 1 aliphatic rings. The van der Waals surface area contributed by atoms with Crippen molar-refractivity contribution in [2.75, 3.05) is 36.2 Å². The number of hydrogen-bond acceptors (Lipinski definition) is 5. The molecule has 1 aliphatic carbocycles. The van der Waals surface area contributed by atoms with Gasteiger partial charge in [-0.2, -0.15) is 4.98 Å². The van der Waals surface area contributed by atoms with E-state index in [-0.39, 0.29) is 0 Å². The average Bonchev–Trinajstić information content (AvgIpc) is 2.87. The maximum absolute atomic E-state index is 5.65. The third kappa shape index (κ3) is 6.20. The monoisotopic (exact) mass is 490 g/mol. The van der Waals surface area contributed by atoms with Crippen LogP contribution in [-0.4, -0.2) is 41.8 Å². The molecule has 0 unspecified atom stereocenters. The fraction of sp³-hybridized carbons (Fsp3) is 0.464. The number of fused-ring (bicyclic) bond motifs is 1. The standard InChI is InChI=1S/C28H38N6S/c1-5-20-10-9-11-21(6-2)25(20)32-28(35)29-18-19-14-16-22(17-15-19)30-27-31-24-13-8-7-12-23(24)26(33-27)34(3)4/h7-13,19,22H,5-6,14-18H2,1-4H3,(H2,29,32,35)(H,30,31,33)/t19-,22+. The molecular weight excluding hydrogens is 452 g/mol. The number of rotatable bonds is 8. The van der Waals surface area contributed by atoms with Crippen LogP contribution in [0, 0.1) is 5.92 Å². The Labute approximate surface area is 214 Å². The molecule has 0 aliphatic heterocycles. The highest BCUT2D eigenvalue weighted by Crippen LogP contribution is 2.28. The van der Waals surface area contributed by atoms with Gasteiger partial charge in [0.25, 0.3) is 0 Å². The van der Waals surface area contributed by atoms with Crippen molar-refractivity contribution in [1.82, 2.24) is 15.3 Å². The van der Waals surface area contributed by atoms with Crippen LogP contribution < -0.4 is 20.9 Å². The molecular formula is C28H38N6S. The number of hydrogen-bond donors (Lipinski definition) is 3. The molecule has 2 aromatic carbocycles. The van der Waals surface area contributed by atoms with Crippen molar-refractivity contribution in [2.24, 2.45) is 5.92 Å². The summed E-state index contributed by atoms with van der Waals surface area (Å²) >= 11 is 5.65. The van der Waals surface area contributed by atoms with E-state index in [4.69, 9.17) is 22.2 Å². The molecule has 6 nitrogen and oxygen atoms in total. The summed E-state index contributed by atoms with van der Waals surface area (Å²) in [6, 6.07) is 15.1. The average molecular weight is 491 g/mol. The lowest BCUT2D eigenvalue weighted by Crippen LogP contribution is -2.36. The van der Waals surface area contributed by atoms with Crippen molar-refractivity contribution in [1.29, 1.82) is 0 Å². The summed E-state index contributed by atoms with van der Waals surface area (Å²) in [6.45, 7) is 5.28. The maximum atomic E-state index is 5.65. The summed E-state index contributed by atoms with van der Waals surface area (Å²) in [5.74, 6) is 2.29. The van der Waals surface area contributed by atoms with Gasteiger partial charge < -0.3 is 20.9 Å². The summed E-state index contributed by atoms with van der Waals surface area (Å²) in [7, 11) is 4.06. The molecule has 0 atom stereocenters. The predicted octanol–water partition coefficient (Wildman–Crippen LogP) is 5.78. The van der Waals surface area contributed by atoms with Crippen molar-refractivity contribution >= 4 is 45.7 Å². The number of nitrogens with zero attached hydrogens (tertiary/aromatic N) is 3. The van der Waals surface area contributed by atoms with Gasteiger partial charge >= 0.3 is 0 Å². The van der Waals surface area contributed by atoms with E-state index in [1.54, 1.807) is 0 Å². The Bertz CT molecular complexity index is 1130. The van der Waals surface area contributed by atoms with E-state index in [0.717, 1.165) is 72.9 Å². The second-order valence-corrected chi connectivity index (χ2v) is 10.0. The molecule has 1 heterocycles. The zero-order valence-electron chi connectivity index (χ0n) is 21.4. The fourth-order valence-electron chi connectivity index (χ4n) is 4.96. The van der Waals surface area contributed by atoms with Crippen molar-refractivity contribution in [2.45, 2.75) is 58.4 Å². The Morgan fingerprint density at radius 2 is 1.63 bits per heavy atom. The fourth-order valence-corrected chi connectivity index (χ4v) is 5.14.